The van der Waals surface area contributed by atoms with Gasteiger partial charge < -0.3 is 9.69 Å². The third kappa shape index (κ3) is 6.19. The van der Waals surface area contributed by atoms with Crippen molar-refractivity contribution in [2.45, 2.75) is 13.3 Å². The molecule has 66 valence electrons. The van der Waals surface area contributed by atoms with E-state index in [1.165, 1.54) is 0 Å². The molecule has 0 radical (unpaired) electrons. The van der Waals surface area contributed by atoms with Gasteiger partial charge in [0.15, 0.2) is 0 Å². The highest BCUT2D eigenvalue weighted by Gasteiger charge is 2.19. The average molecular weight is 182 g/mol. The zero-order valence-electron chi connectivity index (χ0n) is 6.23. The maximum absolute atomic E-state index is 10.7. The SMILES string of the molecule is CCCOP(=O)(O)OCC=O. The van der Waals surface area contributed by atoms with Gasteiger partial charge in [0, 0.05) is 0 Å². The van der Waals surface area contributed by atoms with E-state index in [0.29, 0.717) is 12.7 Å². The normalized spacial score (nSPS) is 15.8. The molecule has 0 saturated heterocycles. The van der Waals surface area contributed by atoms with E-state index in [2.05, 4.69) is 9.05 Å². The van der Waals surface area contributed by atoms with Gasteiger partial charge in [-0.15, -0.1) is 0 Å². The monoisotopic (exact) mass is 182 g/mol. The van der Waals surface area contributed by atoms with Gasteiger partial charge in [0.05, 0.1) is 6.61 Å². The zero-order chi connectivity index (χ0) is 8.74. The highest BCUT2D eigenvalue weighted by molar-refractivity contribution is 7.47. The molecule has 6 heteroatoms. The van der Waals surface area contributed by atoms with E-state index < -0.39 is 14.4 Å². The second-order valence-corrected chi connectivity index (χ2v) is 3.22. The van der Waals surface area contributed by atoms with Crippen LogP contribution in [0.5, 0.6) is 0 Å². The minimum absolute atomic E-state index is 0.145. The molecule has 0 aromatic carbocycles. The number of carbonyl (C=O) groups excluding carboxylic acids is 1. The standard InChI is InChI=1S/C5H11O5P/c1-2-4-9-11(7,8)10-5-3-6/h3H,2,4-5H2,1H3,(H,7,8). The number of hydrogen-bond acceptors (Lipinski definition) is 4. The largest absolute Gasteiger partial charge is 0.472 e. The van der Waals surface area contributed by atoms with Crippen LogP contribution in [0, 0.1) is 0 Å². The Labute approximate surface area is 64.9 Å². The summed E-state index contributed by atoms with van der Waals surface area (Å²) in [6.07, 6.45) is 1.01. The minimum Gasteiger partial charge on any atom is -0.302 e. The Morgan fingerprint density at radius 1 is 1.55 bits per heavy atom. The Bertz CT molecular complexity index is 157. The third-order valence-electron chi connectivity index (χ3n) is 0.764. The Balaban J connectivity index is 3.61. The van der Waals surface area contributed by atoms with E-state index in [-0.39, 0.29) is 6.61 Å². The molecule has 1 atom stereocenters. The van der Waals surface area contributed by atoms with Crippen LogP contribution in [-0.2, 0) is 18.4 Å². The fraction of sp³-hybridized carbons (Fsp3) is 0.800. The van der Waals surface area contributed by atoms with Crippen LogP contribution >= 0.6 is 7.82 Å². The molecule has 0 amide bonds. The van der Waals surface area contributed by atoms with Crippen molar-refractivity contribution in [1.82, 2.24) is 0 Å². The maximum Gasteiger partial charge on any atom is 0.472 e. The molecule has 0 aromatic rings. The van der Waals surface area contributed by atoms with Crippen molar-refractivity contribution in [3.05, 3.63) is 0 Å². The van der Waals surface area contributed by atoms with Crippen LogP contribution in [0.3, 0.4) is 0 Å². The lowest BCUT2D eigenvalue weighted by Gasteiger charge is -2.08. The van der Waals surface area contributed by atoms with E-state index in [0.717, 1.165) is 0 Å². The molecule has 5 nitrogen and oxygen atoms in total. The quantitative estimate of drug-likeness (QED) is 0.484. The van der Waals surface area contributed by atoms with Gasteiger partial charge in [-0.2, -0.15) is 0 Å². The summed E-state index contributed by atoms with van der Waals surface area (Å²) >= 11 is 0. The zero-order valence-corrected chi connectivity index (χ0v) is 7.12. The molecule has 1 N–H and O–H groups in total. The second-order valence-electron chi connectivity index (χ2n) is 1.76. The van der Waals surface area contributed by atoms with Crippen LogP contribution in [-0.4, -0.2) is 24.4 Å². The Morgan fingerprint density at radius 2 is 2.18 bits per heavy atom. The van der Waals surface area contributed by atoms with Crippen LogP contribution < -0.4 is 0 Å². The summed E-state index contributed by atoms with van der Waals surface area (Å²) in [5, 5.41) is 0. The average Bonchev–Trinajstić information content (AvgIpc) is 1.97. The van der Waals surface area contributed by atoms with Crippen molar-refractivity contribution < 1.29 is 23.3 Å². The molecule has 1 unspecified atom stereocenters. The highest BCUT2D eigenvalue weighted by Crippen LogP contribution is 2.42. The lowest BCUT2D eigenvalue weighted by atomic mass is 10.5. The van der Waals surface area contributed by atoms with Crippen LogP contribution in [0.4, 0.5) is 0 Å². The molecule has 0 bridgehead atoms. The molecule has 0 fully saturated rings. The predicted octanol–water partition coefficient (Wildman–Crippen LogP) is 0.729. The first-order valence-electron chi connectivity index (χ1n) is 3.18. The molecule has 0 aromatic heterocycles. The van der Waals surface area contributed by atoms with Gasteiger partial charge in [0.2, 0.25) is 0 Å². The summed E-state index contributed by atoms with van der Waals surface area (Å²) in [4.78, 5) is 18.4. The first-order valence-corrected chi connectivity index (χ1v) is 4.67. The van der Waals surface area contributed by atoms with E-state index in [9.17, 15) is 9.36 Å². The summed E-state index contributed by atoms with van der Waals surface area (Å²) in [6.45, 7) is 1.52. The second kappa shape index (κ2) is 5.43. The van der Waals surface area contributed by atoms with Gasteiger partial charge in [-0.25, -0.2) is 4.57 Å². The Morgan fingerprint density at radius 3 is 2.64 bits per heavy atom. The maximum atomic E-state index is 10.7. The van der Waals surface area contributed by atoms with Gasteiger partial charge >= 0.3 is 7.82 Å². The summed E-state index contributed by atoms with van der Waals surface area (Å²) in [5.41, 5.74) is 0. The van der Waals surface area contributed by atoms with Gasteiger partial charge in [-0.05, 0) is 6.42 Å². The number of hydrogen-bond donors (Lipinski definition) is 1. The molecule has 0 heterocycles. The molecule has 0 saturated carbocycles. The minimum atomic E-state index is -3.96. The van der Waals surface area contributed by atoms with E-state index in [1.807, 2.05) is 0 Å². The third-order valence-corrected chi connectivity index (χ3v) is 1.75. The van der Waals surface area contributed by atoms with Gasteiger partial charge in [-0.1, -0.05) is 6.92 Å². The van der Waals surface area contributed by atoms with Crippen molar-refractivity contribution in [2.75, 3.05) is 13.2 Å². The van der Waals surface area contributed by atoms with Crippen LogP contribution in [0.1, 0.15) is 13.3 Å². The number of rotatable bonds is 6. The van der Waals surface area contributed by atoms with E-state index in [4.69, 9.17) is 4.89 Å². The van der Waals surface area contributed by atoms with E-state index >= 15 is 0 Å². The van der Waals surface area contributed by atoms with Gasteiger partial charge in [0.25, 0.3) is 0 Å². The van der Waals surface area contributed by atoms with Crippen molar-refractivity contribution in [3.63, 3.8) is 0 Å². The van der Waals surface area contributed by atoms with Gasteiger partial charge in [-0.3, -0.25) is 9.05 Å². The summed E-state index contributed by atoms with van der Waals surface area (Å²) in [6, 6.07) is 0. The summed E-state index contributed by atoms with van der Waals surface area (Å²) in [7, 11) is -3.96. The summed E-state index contributed by atoms with van der Waals surface area (Å²) in [5.74, 6) is 0. The number of phosphoric acid groups is 1. The lowest BCUT2D eigenvalue weighted by Crippen LogP contribution is -1.98. The molecule has 0 aliphatic heterocycles. The van der Waals surface area contributed by atoms with Crippen molar-refractivity contribution in [3.8, 4) is 0 Å². The molecule has 0 rings (SSSR count). The fourth-order valence-electron chi connectivity index (χ4n) is 0.369. The van der Waals surface area contributed by atoms with Crippen LogP contribution in [0.2, 0.25) is 0 Å². The highest BCUT2D eigenvalue weighted by atomic mass is 31.2. The number of phosphoric ester groups is 1. The van der Waals surface area contributed by atoms with E-state index in [1.54, 1.807) is 6.92 Å². The first-order chi connectivity index (χ1) is 5.12. The van der Waals surface area contributed by atoms with Crippen LogP contribution in [0.25, 0.3) is 0 Å². The molecule has 11 heavy (non-hydrogen) atoms. The smallest absolute Gasteiger partial charge is 0.302 e. The molecular weight excluding hydrogens is 171 g/mol. The first kappa shape index (κ1) is 10.8. The van der Waals surface area contributed by atoms with Crippen molar-refractivity contribution in [2.24, 2.45) is 0 Å². The molecule has 0 aliphatic rings. The molecule has 0 aliphatic carbocycles. The Kier molecular flexibility index (Phi) is 5.32. The van der Waals surface area contributed by atoms with Crippen LogP contribution in [0.15, 0.2) is 0 Å². The fourth-order valence-corrected chi connectivity index (χ4v) is 1.11. The molecule has 0 spiro atoms. The lowest BCUT2D eigenvalue weighted by molar-refractivity contribution is -0.110. The van der Waals surface area contributed by atoms with Crippen molar-refractivity contribution in [1.29, 1.82) is 0 Å². The Hall–Kier alpha value is -0.220. The number of carbonyl (C=O) groups is 1. The number of aldehydes is 1. The van der Waals surface area contributed by atoms with Gasteiger partial charge in [0.1, 0.15) is 12.9 Å². The predicted molar refractivity (Wildman–Crippen MR) is 38.1 cm³/mol. The molecular formula is C5H11O5P. The topological polar surface area (TPSA) is 72.8 Å². The summed E-state index contributed by atoms with van der Waals surface area (Å²) < 4.78 is 19.3. The van der Waals surface area contributed by atoms with Crippen molar-refractivity contribution >= 4 is 14.1 Å².